The Morgan fingerprint density at radius 2 is 1.46 bits per heavy atom. The molecule has 0 radical (unpaired) electrons. The van der Waals surface area contributed by atoms with Crippen LogP contribution in [0.5, 0.6) is 0 Å². The number of nitrogens with zero attached hydrogens (tertiary/aromatic N) is 8. The second-order valence-corrected chi connectivity index (χ2v) is 9.08. The van der Waals surface area contributed by atoms with Crippen LogP contribution in [0.25, 0.3) is 33.5 Å². The molecule has 0 fully saturated rings. The zero-order valence-corrected chi connectivity index (χ0v) is 20.7. The molecule has 194 valence electrons. The number of aryl methyl sites for hydroxylation is 1. The molecule has 0 spiro atoms. The standard InChI is InChI=1S/C25H16ClF3N8O2/c1-34-23(38)36-21(32-34)19(14-2-5-17(26)6-3-14)20(15-8-10-30-11-9-15)22-33-35(24(39)37(22)36)13-18-7-4-16(12-31-18)25(27,28)29/h2-12H,13H2,1H3/q+2. The molecule has 0 aliphatic heterocycles. The maximum absolute atomic E-state index is 13.6. The van der Waals surface area contributed by atoms with Crippen LogP contribution in [0, 0.1) is 0 Å². The summed E-state index contributed by atoms with van der Waals surface area (Å²) in [7, 11) is 1.46. The summed E-state index contributed by atoms with van der Waals surface area (Å²) in [6.07, 6.45) is -0.696. The highest BCUT2D eigenvalue weighted by molar-refractivity contribution is 6.30. The summed E-state index contributed by atoms with van der Waals surface area (Å²) in [5.74, 6) is 0. The Morgan fingerprint density at radius 3 is 2.08 bits per heavy atom. The summed E-state index contributed by atoms with van der Waals surface area (Å²) in [6.45, 7) is -0.235. The van der Waals surface area contributed by atoms with Crippen LogP contribution >= 0.6 is 11.6 Å². The highest BCUT2D eigenvalue weighted by Crippen LogP contribution is 2.36. The predicted octanol–water partition coefficient (Wildman–Crippen LogP) is 2.10. The lowest BCUT2D eigenvalue weighted by molar-refractivity contribution is -0.756. The zero-order valence-electron chi connectivity index (χ0n) is 20.0. The number of halogens is 4. The Bertz CT molecular complexity index is 1970. The van der Waals surface area contributed by atoms with Crippen LogP contribution in [0.2, 0.25) is 5.02 Å². The SMILES string of the molecule is C[n+]1nc2c(-c3ccc(Cl)cc3)c(-c3ccncc3)c3n[n+](Cc4ccc(C(F)(F)F)cn4)c(=O)n3n2c1=O. The van der Waals surface area contributed by atoms with E-state index in [0.717, 1.165) is 24.5 Å². The number of hydrogen-bond acceptors (Lipinski definition) is 6. The Balaban J connectivity index is 1.67. The second-order valence-electron chi connectivity index (χ2n) is 8.65. The Kier molecular flexibility index (Phi) is 5.61. The van der Waals surface area contributed by atoms with Crippen molar-refractivity contribution in [2.75, 3.05) is 0 Å². The van der Waals surface area contributed by atoms with Gasteiger partial charge in [-0.2, -0.15) is 22.8 Å². The number of pyridine rings is 2. The second kappa shape index (κ2) is 8.91. The van der Waals surface area contributed by atoms with Gasteiger partial charge in [0.2, 0.25) is 0 Å². The fraction of sp³-hybridized carbons (Fsp3) is 0.120. The quantitative estimate of drug-likeness (QED) is 0.310. The van der Waals surface area contributed by atoms with Gasteiger partial charge < -0.3 is 0 Å². The minimum absolute atomic E-state index is 0.130. The average molecular weight is 553 g/mol. The topological polar surface area (TPSA) is 102 Å². The first-order valence-corrected chi connectivity index (χ1v) is 11.8. The van der Waals surface area contributed by atoms with Gasteiger partial charge in [0, 0.05) is 32.6 Å². The summed E-state index contributed by atoms with van der Waals surface area (Å²) in [6, 6.07) is 12.4. The van der Waals surface area contributed by atoms with Crippen LogP contribution in [-0.2, 0) is 19.8 Å². The lowest BCUT2D eigenvalue weighted by Gasteiger charge is -2.07. The molecule has 5 heterocycles. The summed E-state index contributed by atoms with van der Waals surface area (Å²) < 4.78 is 43.3. The lowest BCUT2D eigenvalue weighted by Crippen LogP contribution is -2.53. The lowest BCUT2D eigenvalue weighted by atomic mass is 9.97. The molecule has 5 aromatic heterocycles. The predicted molar refractivity (Wildman–Crippen MR) is 131 cm³/mol. The van der Waals surface area contributed by atoms with Gasteiger partial charge in [0.15, 0.2) is 6.54 Å². The molecule has 0 aliphatic rings. The van der Waals surface area contributed by atoms with E-state index in [1.165, 1.54) is 13.1 Å². The molecule has 1 aromatic carbocycles. The molecule has 0 saturated heterocycles. The van der Waals surface area contributed by atoms with Gasteiger partial charge in [-0.15, -0.1) is 0 Å². The molecular weight excluding hydrogens is 537 g/mol. The average Bonchev–Trinajstić information content (AvgIpc) is 3.39. The van der Waals surface area contributed by atoms with Crippen LogP contribution in [-0.4, -0.2) is 29.2 Å². The highest BCUT2D eigenvalue weighted by atomic mass is 35.5. The number of hydrogen-bond donors (Lipinski definition) is 0. The zero-order chi connectivity index (χ0) is 27.5. The minimum Gasteiger partial charge on any atom is -0.265 e. The smallest absolute Gasteiger partial charge is 0.265 e. The molecule has 0 amide bonds. The van der Waals surface area contributed by atoms with Gasteiger partial charge in [0.25, 0.3) is 0 Å². The van der Waals surface area contributed by atoms with Crippen LogP contribution < -0.4 is 20.7 Å². The number of fused-ring (bicyclic) bond motifs is 3. The van der Waals surface area contributed by atoms with Crippen molar-refractivity contribution in [1.82, 2.24) is 29.2 Å². The molecule has 0 atom stereocenters. The molecule has 0 bridgehead atoms. The molecular formula is C25H16ClF3N8O2+2. The molecule has 0 unspecified atom stereocenters. The Labute approximate surface area is 221 Å². The third kappa shape index (κ3) is 4.07. The van der Waals surface area contributed by atoms with Crippen molar-refractivity contribution < 1.29 is 22.5 Å². The van der Waals surface area contributed by atoms with Crippen molar-refractivity contribution in [3.8, 4) is 22.3 Å². The largest absolute Gasteiger partial charge is 0.563 e. The van der Waals surface area contributed by atoms with Crippen molar-refractivity contribution in [2.24, 2.45) is 7.05 Å². The minimum atomic E-state index is -4.55. The van der Waals surface area contributed by atoms with Gasteiger partial charge in [-0.25, -0.2) is 0 Å². The summed E-state index contributed by atoms with van der Waals surface area (Å²) >= 11 is 6.12. The van der Waals surface area contributed by atoms with Crippen molar-refractivity contribution in [1.29, 1.82) is 0 Å². The molecule has 0 N–H and O–H groups in total. The third-order valence-electron chi connectivity index (χ3n) is 6.18. The molecule has 0 saturated carbocycles. The van der Waals surface area contributed by atoms with E-state index in [9.17, 15) is 22.8 Å². The van der Waals surface area contributed by atoms with Gasteiger partial charge in [-0.05, 0) is 57.7 Å². The van der Waals surface area contributed by atoms with Crippen molar-refractivity contribution in [2.45, 2.75) is 12.7 Å². The van der Waals surface area contributed by atoms with E-state index in [0.29, 0.717) is 33.5 Å². The number of aromatic nitrogens is 8. The maximum atomic E-state index is 13.6. The van der Waals surface area contributed by atoms with E-state index >= 15 is 0 Å². The first-order chi connectivity index (χ1) is 18.6. The van der Waals surface area contributed by atoms with Gasteiger partial charge in [-0.3, -0.25) is 9.97 Å². The van der Waals surface area contributed by atoms with Crippen LogP contribution in [0.4, 0.5) is 13.2 Å². The van der Waals surface area contributed by atoms with Crippen molar-refractivity contribution in [3.63, 3.8) is 0 Å². The fourth-order valence-electron chi connectivity index (χ4n) is 4.37. The molecule has 10 nitrogen and oxygen atoms in total. The van der Waals surface area contributed by atoms with E-state index in [1.54, 1.807) is 48.8 Å². The molecule has 6 aromatic rings. The van der Waals surface area contributed by atoms with E-state index in [2.05, 4.69) is 20.2 Å². The van der Waals surface area contributed by atoms with E-state index in [4.69, 9.17) is 11.6 Å². The molecule has 6 rings (SSSR count). The number of benzene rings is 1. The van der Waals surface area contributed by atoms with E-state index in [1.807, 2.05) is 0 Å². The van der Waals surface area contributed by atoms with Gasteiger partial charge in [0.1, 0.15) is 7.05 Å². The van der Waals surface area contributed by atoms with Crippen LogP contribution in [0.3, 0.4) is 0 Å². The molecule has 0 aliphatic carbocycles. The Hall–Kier alpha value is -4.78. The first-order valence-electron chi connectivity index (χ1n) is 11.4. The van der Waals surface area contributed by atoms with Gasteiger partial charge in [-0.1, -0.05) is 33.1 Å². The number of rotatable bonds is 4. The fourth-order valence-corrected chi connectivity index (χ4v) is 4.50. The molecule has 39 heavy (non-hydrogen) atoms. The van der Waals surface area contributed by atoms with E-state index < -0.39 is 23.1 Å². The summed E-state index contributed by atoms with van der Waals surface area (Å²) in [4.78, 5) is 34.8. The first kappa shape index (κ1) is 24.6. The molecule has 14 heteroatoms. The van der Waals surface area contributed by atoms with Crippen LogP contribution in [0.15, 0.2) is 76.7 Å². The number of alkyl halides is 3. The van der Waals surface area contributed by atoms with Crippen LogP contribution in [0.1, 0.15) is 11.3 Å². The van der Waals surface area contributed by atoms with Gasteiger partial charge >= 0.3 is 28.9 Å². The highest BCUT2D eigenvalue weighted by Gasteiger charge is 2.37. The summed E-state index contributed by atoms with van der Waals surface area (Å²) in [5.41, 5.74) is 0.606. The van der Waals surface area contributed by atoms with E-state index in [-0.39, 0.29) is 23.5 Å². The van der Waals surface area contributed by atoms with Crippen molar-refractivity contribution >= 4 is 22.9 Å². The third-order valence-corrected chi connectivity index (χ3v) is 6.44. The van der Waals surface area contributed by atoms with Gasteiger partial charge in [0.05, 0.1) is 22.4 Å². The summed E-state index contributed by atoms with van der Waals surface area (Å²) in [5, 5.41) is 9.44. The van der Waals surface area contributed by atoms with Crippen molar-refractivity contribution in [3.05, 3.63) is 104 Å². The normalized spacial score (nSPS) is 12.0. The monoisotopic (exact) mass is 552 g/mol. The maximum Gasteiger partial charge on any atom is 0.563 e. The Morgan fingerprint density at radius 1 is 0.846 bits per heavy atom.